The van der Waals surface area contributed by atoms with Gasteiger partial charge in [-0.1, -0.05) is 45.1 Å². The van der Waals surface area contributed by atoms with Gasteiger partial charge < -0.3 is 9.47 Å². The molecule has 2 aromatic carbocycles. The molecule has 5 nitrogen and oxygen atoms in total. The lowest BCUT2D eigenvalue weighted by atomic mass is 9.54. The highest BCUT2D eigenvalue weighted by atomic mass is 32.1. The van der Waals surface area contributed by atoms with Crippen LogP contribution in [0.4, 0.5) is 0 Å². The molecular formula is C27H29NO4S. The molecule has 0 saturated heterocycles. The van der Waals surface area contributed by atoms with Crippen molar-refractivity contribution in [3.63, 3.8) is 0 Å². The number of carbonyl (C=O) groups is 2. The molecule has 2 fully saturated rings. The smallest absolute Gasteiger partial charge is 0.279 e. The van der Waals surface area contributed by atoms with Crippen molar-refractivity contribution in [3.8, 4) is 16.7 Å². The second-order valence-electron chi connectivity index (χ2n) is 9.97. The molecule has 172 valence electrons. The highest BCUT2D eigenvalue weighted by Gasteiger charge is 2.64. The molecule has 3 atom stereocenters. The predicted octanol–water partition coefficient (Wildman–Crippen LogP) is 6.34. The van der Waals surface area contributed by atoms with Gasteiger partial charge in [0.2, 0.25) is 0 Å². The lowest BCUT2D eigenvalue weighted by molar-refractivity contribution is -0.149. The second kappa shape index (κ2) is 7.66. The largest absolute Gasteiger partial charge is 0.497 e. The van der Waals surface area contributed by atoms with Crippen LogP contribution in [0.5, 0.6) is 16.7 Å². The van der Waals surface area contributed by atoms with Crippen LogP contribution in [0.3, 0.4) is 0 Å². The monoisotopic (exact) mass is 463 g/mol. The summed E-state index contributed by atoms with van der Waals surface area (Å²) in [5.41, 5.74) is 1.86. The molecule has 0 amide bonds. The van der Waals surface area contributed by atoms with Gasteiger partial charge in [-0.05, 0) is 66.1 Å². The van der Waals surface area contributed by atoms with E-state index in [0.29, 0.717) is 10.9 Å². The average Bonchev–Trinajstić information content (AvgIpc) is 3.27. The summed E-state index contributed by atoms with van der Waals surface area (Å²) in [6.45, 7) is 8.27. The molecule has 1 aromatic heterocycles. The number of ether oxygens (including phenoxy) is 2. The molecule has 1 heterocycles. The third-order valence-electron chi connectivity index (χ3n) is 8.25. The third-order valence-corrected chi connectivity index (χ3v) is 9.15. The number of nitrogens with zero attached hydrogens (tertiary/aromatic N) is 1. The maximum absolute atomic E-state index is 13.8. The number of fused-ring (bicyclic) bond motifs is 3. The Morgan fingerprint density at radius 2 is 1.85 bits per heavy atom. The van der Waals surface area contributed by atoms with Crippen molar-refractivity contribution >= 4 is 33.1 Å². The number of methoxy groups -OCH3 is 1. The third kappa shape index (κ3) is 3.22. The lowest BCUT2D eigenvalue weighted by Gasteiger charge is -2.46. The van der Waals surface area contributed by atoms with Gasteiger partial charge in [0.1, 0.15) is 17.4 Å². The van der Waals surface area contributed by atoms with Crippen molar-refractivity contribution in [2.75, 3.05) is 7.11 Å². The van der Waals surface area contributed by atoms with Gasteiger partial charge in [-0.15, -0.1) is 0 Å². The van der Waals surface area contributed by atoms with E-state index in [2.05, 4.69) is 32.7 Å². The van der Waals surface area contributed by atoms with Crippen molar-refractivity contribution in [1.29, 1.82) is 0 Å². The number of Topliss-reactive ketones (excluding diaryl/α,β-unsaturated/α-hetero) is 2. The molecule has 0 aliphatic heterocycles. The molecule has 2 bridgehead atoms. The summed E-state index contributed by atoms with van der Waals surface area (Å²) in [5, 5.41) is 0.517. The van der Waals surface area contributed by atoms with Crippen molar-refractivity contribution in [3.05, 3.63) is 47.5 Å². The average molecular weight is 464 g/mol. The van der Waals surface area contributed by atoms with Crippen LogP contribution in [-0.2, 0) is 16.0 Å². The zero-order valence-electron chi connectivity index (χ0n) is 19.7. The topological polar surface area (TPSA) is 65.5 Å². The van der Waals surface area contributed by atoms with E-state index in [1.165, 1.54) is 11.3 Å². The van der Waals surface area contributed by atoms with Gasteiger partial charge in [-0.2, -0.15) is 0 Å². The van der Waals surface area contributed by atoms with E-state index < -0.39 is 11.3 Å². The Bertz CT molecular complexity index is 1280. The number of carbonyl (C=O) groups excluding carboxylic acids is 2. The van der Waals surface area contributed by atoms with Crippen LogP contribution >= 0.6 is 11.3 Å². The SMILES string of the molecule is CCc1ccc(Oc2nc3ccc(OC)cc3s2)cc1C1C(=O)[C@@H]2CC[C@](C)(C1=O)C2(C)C. The Hall–Kier alpha value is -2.73. The van der Waals surface area contributed by atoms with E-state index in [0.717, 1.165) is 46.4 Å². The first-order chi connectivity index (χ1) is 15.7. The standard InChI is InChI=1S/C27H29NO4S/c1-6-15-7-8-17(32-25-28-20-10-9-16(31-5)14-21(20)33-25)13-18(15)22-23(29)19-11-12-27(4,24(22)30)26(19,2)3/h7-10,13-14,19,22H,6,11-12H2,1-5H3/t19-,22?,27+/m0/s1. The molecule has 2 aliphatic rings. The number of rotatable bonds is 5. The first kappa shape index (κ1) is 22.1. The second-order valence-corrected chi connectivity index (χ2v) is 11.0. The summed E-state index contributed by atoms with van der Waals surface area (Å²) in [6.07, 6.45) is 2.31. The normalized spacial score (nSPS) is 26.1. The molecule has 0 spiro atoms. The van der Waals surface area contributed by atoms with Crippen molar-refractivity contribution in [2.45, 2.75) is 52.9 Å². The fraction of sp³-hybridized carbons (Fsp3) is 0.444. The number of benzene rings is 2. The maximum atomic E-state index is 13.8. The van der Waals surface area contributed by atoms with E-state index in [1.54, 1.807) is 7.11 Å². The van der Waals surface area contributed by atoms with Gasteiger partial charge in [0.25, 0.3) is 5.19 Å². The van der Waals surface area contributed by atoms with Crippen molar-refractivity contribution in [2.24, 2.45) is 16.7 Å². The lowest BCUT2D eigenvalue weighted by Crippen LogP contribution is -2.52. The van der Waals surface area contributed by atoms with Crippen LogP contribution in [0.15, 0.2) is 36.4 Å². The summed E-state index contributed by atoms with van der Waals surface area (Å²) in [7, 11) is 1.64. The predicted molar refractivity (Wildman–Crippen MR) is 129 cm³/mol. The van der Waals surface area contributed by atoms with Crippen LogP contribution in [0, 0.1) is 16.7 Å². The first-order valence-electron chi connectivity index (χ1n) is 11.5. The fourth-order valence-electron chi connectivity index (χ4n) is 5.77. The van der Waals surface area contributed by atoms with E-state index in [1.807, 2.05) is 36.4 Å². The van der Waals surface area contributed by atoms with Gasteiger partial charge in [0.05, 0.1) is 17.3 Å². The number of thiazole rings is 1. The van der Waals surface area contributed by atoms with E-state index >= 15 is 0 Å². The molecule has 2 saturated carbocycles. The minimum absolute atomic E-state index is 0.0604. The highest BCUT2D eigenvalue weighted by Crippen LogP contribution is 2.62. The fourth-order valence-corrected chi connectivity index (χ4v) is 6.63. The number of hydrogen-bond donors (Lipinski definition) is 0. The summed E-state index contributed by atoms with van der Waals surface area (Å²) >= 11 is 1.44. The van der Waals surface area contributed by atoms with Crippen LogP contribution in [0.1, 0.15) is 57.6 Å². The maximum Gasteiger partial charge on any atom is 0.279 e. The van der Waals surface area contributed by atoms with E-state index in [4.69, 9.17) is 9.47 Å². The van der Waals surface area contributed by atoms with E-state index in [-0.39, 0.29) is 22.9 Å². The summed E-state index contributed by atoms with van der Waals surface area (Å²) in [6, 6.07) is 11.5. The van der Waals surface area contributed by atoms with Crippen LogP contribution < -0.4 is 9.47 Å². The molecule has 2 aliphatic carbocycles. The van der Waals surface area contributed by atoms with Gasteiger partial charge in [-0.25, -0.2) is 4.98 Å². The molecule has 0 N–H and O–H groups in total. The van der Waals surface area contributed by atoms with Gasteiger partial charge in [0, 0.05) is 11.3 Å². The van der Waals surface area contributed by atoms with Crippen molar-refractivity contribution < 1.29 is 19.1 Å². The molecule has 6 heteroatoms. The van der Waals surface area contributed by atoms with Gasteiger partial charge in [0.15, 0.2) is 11.6 Å². The number of aromatic nitrogens is 1. The Morgan fingerprint density at radius 3 is 2.58 bits per heavy atom. The molecule has 33 heavy (non-hydrogen) atoms. The molecule has 1 unspecified atom stereocenters. The summed E-state index contributed by atoms with van der Waals surface area (Å²) < 4.78 is 12.4. The zero-order chi connectivity index (χ0) is 23.5. The highest BCUT2D eigenvalue weighted by molar-refractivity contribution is 7.20. The van der Waals surface area contributed by atoms with Gasteiger partial charge in [-0.3, -0.25) is 9.59 Å². The Morgan fingerprint density at radius 1 is 1.09 bits per heavy atom. The van der Waals surface area contributed by atoms with Crippen molar-refractivity contribution in [1.82, 2.24) is 4.98 Å². The number of aryl methyl sites for hydroxylation is 1. The molecule has 0 radical (unpaired) electrons. The zero-order valence-corrected chi connectivity index (χ0v) is 20.5. The number of hydrogen-bond acceptors (Lipinski definition) is 6. The molecule has 5 rings (SSSR count). The Kier molecular flexibility index (Phi) is 5.12. The Labute approximate surface area is 198 Å². The Balaban J connectivity index is 1.52. The number of ketones is 2. The summed E-state index contributed by atoms with van der Waals surface area (Å²) in [4.78, 5) is 31.9. The quantitative estimate of drug-likeness (QED) is 0.413. The minimum atomic E-state index is -0.714. The molecule has 3 aromatic rings. The first-order valence-corrected chi connectivity index (χ1v) is 12.3. The van der Waals surface area contributed by atoms with Crippen LogP contribution in [0.2, 0.25) is 0 Å². The molecular weight excluding hydrogens is 434 g/mol. The minimum Gasteiger partial charge on any atom is -0.497 e. The van der Waals surface area contributed by atoms with E-state index in [9.17, 15) is 9.59 Å². The van der Waals surface area contributed by atoms with Crippen LogP contribution in [-0.4, -0.2) is 23.7 Å². The van der Waals surface area contributed by atoms with Gasteiger partial charge >= 0.3 is 0 Å². The van der Waals surface area contributed by atoms with Crippen LogP contribution in [0.25, 0.3) is 10.2 Å². The summed E-state index contributed by atoms with van der Waals surface area (Å²) in [5.74, 6) is 0.695.